The number of nitrogens with one attached hydrogen (secondary N) is 1. The van der Waals surface area contributed by atoms with Gasteiger partial charge in [-0.05, 0) is 27.7 Å². The number of ether oxygens (including phenoxy) is 3. The summed E-state index contributed by atoms with van der Waals surface area (Å²) in [7, 11) is 0. The maximum absolute atomic E-state index is 11.6. The van der Waals surface area contributed by atoms with Gasteiger partial charge in [0.25, 0.3) is 0 Å². The molecule has 0 rings (SSSR count). The Bertz CT molecular complexity index is 357. The van der Waals surface area contributed by atoms with Gasteiger partial charge in [0.05, 0.1) is 6.54 Å². The van der Waals surface area contributed by atoms with E-state index in [1.165, 1.54) is 6.92 Å². The molecule has 2 atom stereocenters. The number of hydrogen-bond acceptors (Lipinski definition) is 5. The first-order valence-corrected chi connectivity index (χ1v) is 7.23. The molecule has 21 heavy (non-hydrogen) atoms. The van der Waals surface area contributed by atoms with E-state index in [0.29, 0.717) is 0 Å². The fourth-order valence-corrected chi connectivity index (χ4v) is 1.36. The van der Waals surface area contributed by atoms with Crippen LogP contribution < -0.4 is 5.32 Å². The number of carbonyl (C=O) groups is 2. The van der Waals surface area contributed by atoms with Crippen molar-refractivity contribution >= 4 is 23.8 Å². The van der Waals surface area contributed by atoms with Gasteiger partial charge in [0.1, 0.15) is 11.7 Å². The molecule has 0 saturated heterocycles. The Morgan fingerprint density at radius 3 is 2.00 bits per heavy atom. The van der Waals surface area contributed by atoms with Crippen molar-refractivity contribution in [3.8, 4) is 0 Å². The molecule has 0 aromatic rings. The molecule has 0 bridgehead atoms. The van der Waals surface area contributed by atoms with E-state index in [4.69, 9.17) is 25.8 Å². The Morgan fingerprint density at radius 1 is 1.10 bits per heavy atom. The zero-order valence-corrected chi connectivity index (χ0v) is 14.5. The smallest absolute Gasteiger partial charge is 0.444 e. The lowest BCUT2D eigenvalue weighted by molar-refractivity contribution is -0.0211. The monoisotopic (exact) mass is 323 g/mol. The minimum absolute atomic E-state index is 0.115. The molecule has 0 aromatic carbocycles. The molecule has 6 nitrogen and oxygen atoms in total. The molecule has 0 heterocycles. The average molecular weight is 324 g/mol. The zero-order chi connectivity index (χ0) is 16.8. The molecule has 0 aliphatic heterocycles. The SMILES string of the molecule is CC(Cl)OC(=O)OC(CNC(=O)OC(C)(C)C)C(C)(C)C. The van der Waals surface area contributed by atoms with Crippen molar-refractivity contribution in [2.24, 2.45) is 5.41 Å². The van der Waals surface area contributed by atoms with Crippen molar-refractivity contribution in [3.63, 3.8) is 0 Å². The molecule has 2 unspecified atom stereocenters. The minimum atomic E-state index is -0.872. The van der Waals surface area contributed by atoms with Crippen LogP contribution in [0.3, 0.4) is 0 Å². The van der Waals surface area contributed by atoms with Crippen LogP contribution in [0.4, 0.5) is 9.59 Å². The first-order valence-electron chi connectivity index (χ1n) is 6.79. The Labute approximate surface area is 131 Å². The van der Waals surface area contributed by atoms with E-state index in [2.05, 4.69) is 5.32 Å². The van der Waals surface area contributed by atoms with Gasteiger partial charge < -0.3 is 19.5 Å². The number of amides is 1. The molecule has 0 saturated carbocycles. The second-order valence-corrected chi connectivity index (χ2v) is 7.38. The van der Waals surface area contributed by atoms with Crippen LogP contribution in [0.15, 0.2) is 0 Å². The number of alkyl halides is 1. The lowest BCUT2D eigenvalue weighted by atomic mass is 9.89. The first kappa shape index (κ1) is 19.8. The number of carbonyl (C=O) groups excluding carboxylic acids is 2. The summed E-state index contributed by atoms with van der Waals surface area (Å²) >= 11 is 5.56. The molecule has 0 aliphatic rings. The second kappa shape index (κ2) is 7.73. The molecule has 1 amide bonds. The van der Waals surface area contributed by atoms with Gasteiger partial charge in [-0.1, -0.05) is 32.4 Å². The van der Waals surface area contributed by atoms with Gasteiger partial charge in [0.2, 0.25) is 0 Å². The number of hydrogen-bond donors (Lipinski definition) is 1. The second-order valence-electron chi connectivity index (χ2n) is 6.77. The summed E-state index contributed by atoms with van der Waals surface area (Å²) in [6.07, 6.45) is -2.02. The fraction of sp³-hybridized carbons (Fsp3) is 0.857. The third-order valence-corrected chi connectivity index (χ3v) is 2.38. The predicted molar refractivity (Wildman–Crippen MR) is 80.4 cm³/mol. The van der Waals surface area contributed by atoms with E-state index in [9.17, 15) is 9.59 Å². The summed E-state index contributed by atoms with van der Waals surface area (Å²) in [6.45, 7) is 12.6. The van der Waals surface area contributed by atoms with Gasteiger partial charge in [0.15, 0.2) is 5.56 Å². The largest absolute Gasteiger partial charge is 0.510 e. The molecular weight excluding hydrogens is 298 g/mol. The molecule has 0 aliphatic carbocycles. The minimum Gasteiger partial charge on any atom is -0.444 e. The van der Waals surface area contributed by atoms with Gasteiger partial charge in [-0.2, -0.15) is 0 Å². The molecule has 124 valence electrons. The van der Waals surface area contributed by atoms with Crippen LogP contribution in [-0.4, -0.2) is 36.1 Å². The highest BCUT2D eigenvalue weighted by Gasteiger charge is 2.30. The fourth-order valence-electron chi connectivity index (χ4n) is 1.29. The molecule has 7 heteroatoms. The van der Waals surface area contributed by atoms with E-state index in [0.717, 1.165) is 0 Å². The van der Waals surface area contributed by atoms with E-state index in [-0.39, 0.29) is 12.0 Å². The summed E-state index contributed by atoms with van der Waals surface area (Å²) in [5.74, 6) is 0. The maximum atomic E-state index is 11.6. The normalized spacial score (nSPS) is 14.9. The Kier molecular flexibility index (Phi) is 7.30. The van der Waals surface area contributed by atoms with Gasteiger partial charge in [0, 0.05) is 5.41 Å². The zero-order valence-electron chi connectivity index (χ0n) is 13.8. The van der Waals surface area contributed by atoms with Crippen LogP contribution in [0.25, 0.3) is 0 Å². The maximum Gasteiger partial charge on any atom is 0.510 e. The summed E-state index contributed by atoms with van der Waals surface area (Å²) in [5, 5.41) is 2.58. The van der Waals surface area contributed by atoms with E-state index in [1.807, 2.05) is 20.8 Å². The molecule has 1 N–H and O–H groups in total. The van der Waals surface area contributed by atoms with Gasteiger partial charge in [-0.3, -0.25) is 0 Å². The van der Waals surface area contributed by atoms with Crippen molar-refractivity contribution in [3.05, 3.63) is 0 Å². The van der Waals surface area contributed by atoms with Crippen LogP contribution in [-0.2, 0) is 14.2 Å². The predicted octanol–water partition coefficient (Wildman–Crippen LogP) is 3.66. The quantitative estimate of drug-likeness (QED) is 0.631. The van der Waals surface area contributed by atoms with Crippen LogP contribution >= 0.6 is 11.6 Å². The molecule has 0 spiro atoms. The molecule has 0 radical (unpaired) electrons. The van der Waals surface area contributed by atoms with Crippen LogP contribution in [0.1, 0.15) is 48.5 Å². The Morgan fingerprint density at radius 2 is 1.62 bits per heavy atom. The van der Waals surface area contributed by atoms with Crippen molar-refractivity contribution in [1.29, 1.82) is 0 Å². The lowest BCUT2D eigenvalue weighted by Crippen LogP contribution is -2.44. The number of alkyl carbamates (subject to hydrolysis) is 1. The summed E-state index contributed by atoms with van der Waals surface area (Å²) in [6, 6.07) is 0. The van der Waals surface area contributed by atoms with Gasteiger partial charge in [-0.15, -0.1) is 0 Å². The Balaban J connectivity index is 4.52. The Hall–Kier alpha value is -1.17. The molecular formula is C14H26ClNO5. The van der Waals surface area contributed by atoms with E-state index in [1.54, 1.807) is 20.8 Å². The van der Waals surface area contributed by atoms with E-state index < -0.39 is 29.5 Å². The van der Waals surface area contributed by atoms with Crippen molar-refractivity contribution < 1.29 is 23.8 Å². The summed E-state index contributed by atoms with van der Waals surface area (Å²) in [4.78, 5) is 23.1. The standard InChI is InChI=1S/C14H26ClNO5/c1-9(15)19-12(18)20-10(13(2,3)4)8-16-11(17)21-14(5,6)7/h9-10H,8H2,1-7H3,(H,16,17). The number of rotatable bonds is 4. The van der Waals surface area contributed by atoms with Crippen molar-refractivity contribution in [2.75, 3.05) is 6.54 Å². The number of halogens is 1. The van der Waals surface area contributed by atoms with Crippen molar-refractivity contribution in [2.45, 2.75) is 65.7 Å². The molecule has 0 aromatic heterocycles. The van der Waals surface area contributed by atoms with E-state index >= 15 is 0 Å². The van der Waals surface area contributed by atoms with Crippen molar-refractivity contribution in [1.82, 2.24) is 5.32 Å². The highest BCUT2D eigenvalue weighted by molar-refractivity contribution is 6.19. The molecule has 0 fully saturated rings. The average Bonchev–Trinajstić information content (AvgIpc) is 2.18. The highest BCUT2D eigenvalue weighted by atomic mass is 35.5. The first-order chi connectivity index (χ1) is 9.31. The summed E-state index contributed by atoms with van der Waals surface area (Å²) < 4.78 is 15.0. The van der Waals surface area contributed by atoms with Gasteiger partial charge >= 0.3 is 12.2 Å². The van der Waals surface area contributed by atoms with Gasteiger partial charge in [-0.25, -0.2) is 9.59 Å². The highest BCUT2D eigenvalue weighted by Crippen LogP contribution is 2.22. The third kappa shape index (κ3) is 10.2. The lowest BCUT2D eigenvalue weighted by Gasteiger charge is -2.30. The van der Waals surface area contributed by atoms with Crippen LogP contribution in [0.2, 0.25) is 0 Å². The summed E-state index contributed by atoms with van der Waals surface area (Å²) in [5.41, 5.74) is -1.75. The topological polar surface area (TPSA) is 73.9 Å². The van der Waals surface area contributed by atoms with Crippen LogP contribution in [0, 0.1) is 5.41 Å². The van der Waals surface area contributed by atoms with Crippen LogP contribution in [0.5, 0.6) is 0 Å². The third-order valence-electron chi connectivity index (χ3n) is 2.29.